The lowest BCUT2D eigenvalue weighted by molar-refractivity contribution is -0.136. The Morgan fingerprint density at radius 3 is 2.52 bits per heavy atom. The minimum absolute atomic E-state index is 0.0105. The third kappa shape index (κ3) is 3.93. The SMILES string of the molecule is Cc1nccc(-c2cc3c(cc2Nc2cccc4c2C(=O)N(C2CCC(=O)NC2=O)C4=O)N(C)C(=O)CC3)c1F. The molecule has 1 saturated heterocycles. The second kappa shape index (κ2) is 9.37. The van der Waals surface area contributed by atoms with E-state index in [-0.39, 0.29) is 46.8 Å². The van der Waals surface area contributed by atoms with E-state index < -0.39 is 35.5 Å². The molecule has 0 saturated carbocycles. The van der Waals surface area contributed by atoms with E-state index in [1.54, 1.807) is 38.2 Å². The zero-order valence-electron chi connectivity index (χ0n) is 21.7. The zero-order valence-corrected chi connectivity index (χ0v) is 21.7. The Morgan fingerprint density at radius 2 is 1.75 bits per heavy atom. The molecule has 1 fully saturated rings. The number of pyridine rings is 1. The van der Waals surface area contributed by atoms with E-state index >= 15 is 4.39 Å². The van der Waals surface area contributed by atoms with Crippen LogP contribution in [0.4, 0.5) is 21.5 Å². The first-order valence-electron chi connectivity index (χ1n) is 12.8. The maximum Gasteiger partial charge on any atom is 0.264 e. The summed E-state index contributed by atoms with van der Waals surface area (Å²) in [5, 5.41) is 5.41. The number of imide groups is 2. The van der Waals surface area contributed by atoms with Crippen molar-refractivity contribution in [2.75, 3.05) is 17.3 Å². The Kier molecular flexibility index (Phi) is 5.94. The van der Waals surface area contributed by atoms with Crippen molar-refractivity contribution in [1.29, 1.82) is 0 Å². The first kappa shape index (κ1) is 25.4. The number of hydrogen-bond donors (Lipinski definition) is 2. The number of benzene rings is 2. The van der Waals surface area contributed by atoms with E-state index in [2.05, 4.69) is 15.6 Å². The highest BCUT2D eigenvalue weighted by Crippen LogP contribution is 2.41. The van der Waals surface area contributed by atoms with Gasteiger partial charge in [-0.2, -0.15) is 0 Å². The average molecular weight is 542 g/mol. The molecule has 0 bridgehead atoms. The van der Waals surface area contributed by atoms with Crippen molar-refractivity contribution < 1.29 is 28.4 Å². The van der Waals surface area contributed by atoms with Crippen LogP contribution >= 0.6 is 0 Å². The van der Waals surface area contributed by atoms with Crippen molar-refractivity contribution in [2.45, 2.75) is 38.6 Å². The standard InChI is InChI=1S/C29H24FN5O5/c1-14-26(30)16(10-11-31-14)18-12-15-6-9-24(37)34(2)22(15)13-20(18)32-19-5-3-4-17-25(19)29(40)35(28(17)39)21-7-8-23(36)33-27(21)38/h3-5,10-13,21,32H,6-9H2,1-2H3,(H,33,36,38). The van der Waals surface area contributed by atoms with E-state index in [4.69, 9.17) is 0 Å². The predicted octanol–water partition coefficient (Wildman–Crippen LogP) is 3.25. The fourth-order valence-corrected chi connectivity index (χ4v) is 5.54. The van der Waals surface area contributed by atoms with Crippen molar-refractivity contribution in [3.8, 4) is 11.1 Å². The number of aryl methyl sites for hydroxylation is 2. The molecule has 1 atom stereocenters. The number of halogens is 1. The summed E-state index contributed by atoms with van der Waals surface area (Å²) in [7, 11) is 1.67. The summed E-state index contributed by atoms with van der Waals surface area (Å²) in [4.78, 5) is 69.9. The van der Waals surface area contributed by atoms with Crippen LogP contribution in [-0.4, -0.2) is 52.5 Å². The summed E-state index contributed by atoms with van der Waals surface area (Å²) < 4.78 is 15.3. The van der Waals surface area contributed by atoms with Gasteiger partial charge in [-0.25, -0.2) is 4.39 Å². The average Bonchev–Trinajstić information content (AvgIpc) is 3.18. The molecular formula is C29H24FN5O5. The largest absolute Gasteiger partial charge is 0.354 e. The number of hydrogen-bond acceptors (Lipinski definition) is 7. The van der Waals surface area contributed by atoms with Crippen LogP contribution in [0, 0.1) is 12.7 Å². The first-order chi connectivity index (χ1) is 19.2. The van der Waals surface area contributed by atoms with Crippen molar-refractivity contribution in [3.05, 3.63) is 70.8 Å². The smallest absolute Gasteiger partial charge is 0.264 e. The van der Waals surface area contributed by atoms with Gasteiger partial charge >= 0.3 is 0 Å². The third-order valence-electron chi connectivity index (χ3n) is 7.65. The third-order valence-corrected chi connectivity index (χ3v) is 7.65. The van der Waals surface area contributed by atoms with Gasteiger partial charge < -0.3 is 10.2 Å². The molecule has 10 nitrogen and oxygen atoms in total. The molecule has 3 aromatic rings. The molecule has 6 rings (SSSR count). The van der Waals surface area contributed by atoms with Crippen molar-refractivity contribution in [2.24, 2.45) is 0 Å². The summed E-state index contributed by atoms with van der Waals surface area (Å²) >= 11 is 0. The van der Waals surface area contributed by atoms with Gasteiger partial charge in [-0.05, 0) is 55.7 Å². The lowest BCUT2D eigenvalue weighted by Crippen LogP contribution is -2.54. The van der Waals surface area contributed by atoms with Crippen LogP contribution in [-0.2, 0) is 20.8 Å². The Bertz CT molecular complexity index is 1670. The summed E-state index contributed by atoms with van der Waals surface area (Å²) in [5.74, 6) is -3.02. The number of nitrogens with one attached hydrogen (secondary N) is 2. The normalized spacial score (nSPS) is 18.6. The fourth-order valence-electron chi connectivity index (χ4n) is 5.54. The number of nitrogens with zero attached hydrogens (tertiary/aromatic N) is 3. The molecule has 1 unspecified atom stereocenters. The van der Waals surface area contributed by atoms with Gasteiger partial charge in [0, 0.05) is 48.6 Å². The summed E-state index contributed by atoms with van der Waals surface area (Å²) in [6.07, 6.45) is 2.37. The quantitative estimate of drug-likeness (QED) is 0.485. The Morgan fingerprint density at radius 1 is 0.950 bits per heavy atom. The van der Waals surface area contributed by atoms with Gasteiger partial charge in [0.15, 0.2) is 5.82 Å². The monoisotopic (exact) mass is 541 g/mol. The molecule has 202 valence electrons. The number of fused-ring (bicyclic) bond motifs is 2. The molecule has 0 spiro atoms. The summed E-state index contributed by atoms with van der Waals surface area (Å²) in [6, 6.07) is 8.72. The molecule has 40 heavy (non-hydrogen) atoms. The number of carbonyl (C=O) groups is 5. The molecular weight excluding hydrogens is 517 g/mol. The van der Waals surface area contributed by atoms with Crippen LogP contribution in [0.15, 0.2) is 42.6 Å². The Labute approximate surface area is 228 Å². The molecule has 1 aromatic heterocycles. The van der Waals surface area contributed by atoms with Gasteiger partial charge in [-0.3, -0.25) is 39.2 Å². The molecule has 2 aromatic carbocycles. The van der Waals surface area contributed by atoms with Gasteiger partial charge in [0.1, 0.15) is 6.04 Å². The molecule has 4 heterocycles. The number of anilines is 3. The number of aromatic nitrogens is 1. The lowest BCUT2D eigenvalue weighted by Gasteiger charge is -2.28. The fraction of sp³-hybridized carbons (Fsp3) is 0.241. The maximum atomic E-state index is 15.3. The van der Waals surface area contributed by atoms with Crippen LogP contribution in [0.25, 0.3) is 11.1 Å². The van der Waals surface area contributed by atoms with E-state index in [0.29, 0.717) is 29.8 Å². The zero-order chi connectivity index (χ0) is 28.3. The Hall–Kier alpha value is -4.93. The van der Waals surface area contributed by atoms with Crippen molar-refractivity contribution >= 4 is 46.6 Å². The van der Waals surface area contributed by atoms with Gasteiger partial charge in [-0.1, -0.05) is 6.07 Å². The predicted molar refractivity (Wildman–Crippen MR) is 142 cm³/mol. The van der Waals surface area contributed by atoms with E-state index in [9.17, 15) is 24.0 Å². The van der Waals surface area contributed by atoms with E-state index in [0.717, 1.165) is 10.5 Å². The molecule has 2 N–H and O–H groups in total. The molecule has 11 heteroatoms. The van der Waals surface area contributed by atoms with Crippen LogP contribution < -0.4 is 15.5 Å². The minimum atomic E-state index is -1.11. The van der Waals surface area contributed by atoms with Gasteiger partial charge in [0.05, 0.1) is 22.5 Å². The summed E-state index contributed by atoms with van der Waals surface area (Å²) in [5.41, 5.74) is 3.39. The second-order valence-corrected chi connectivity index (χ2v) is 10.0. The van der Waals surface area contributed by atoms with E-state index in [1.165, 1.54) is 17.2 Å². The van der Waals surface area contributed by atoms with Crippen LogP contribution in [0.3, 0.4) is 0 Å². The molecule has 3 aliphatic rings. The lowest BCUT2D eigenvalue weighted by atomic mass is 9.94. The number of amides is 5. The highest BCUT2D eigenvalue weighted by atomic mass is 19.1. The van der Waals surface area contributed by atoms with E-state index in [1.807, 2.05) is 6.07 Å². The number of rotatable bonds is 4. The molecule has 0 radical (unpaired) electrons. The van der Waals surface area contributed by atoms with Crippen molar-refractivity contribution in [3.63, 3.8) is 0 Å². The van der Waals surface area contributed by atoms with Crippen LogP contribution in [0.1, 0.15) is 51.2 Å². The van der Waals surface area contributed by atoms with Crippen LogP contribution in [0.2, 0.25) is 0 Å². The maximum absolute atomic E-state index is 15.3. The molecule has 5 amide bonds. The minimum Gasteiger partial charge on any atom is -0.354 e. The number of carbonyl (C=O) groups excluding carboxylic acids is 5. The van der Waals surface area contributed by atoms with Crippen LogP contribution in [0.5, 0.6) is 0 Å². The van der Waals surface area contributed by atoms with Gasteiger partial charge in [0.2, 0.25) is 17.7 Å². The van der Waals surface area contributed by atoms with Gasteiger partial charge in [-0.15, -0.1) is 0 Å². The highest BCUT2D eigenvalue weighted by molar-refractivity contribution is 6.25. The second-order valence-electron chi connectivity index (χ2n) is 10.0. The number of piperidine rings is 1. The van der Waals surface area contributed by atoms with Gasteiger partial charge in [0.25, 0.3) is 11.8 Å². The Balaban J connectivity index is 1.46. The first-order valence-corrected chi connectivity index (χ1v) is 12.8. The topological polar surface area (TPSA) is 129 Å². The summed E-state index contributed by atoms with van der Waals surface area (Å²) in [6.45, 7) is 1.56. The molecule has 3 aliphatic heterocycles. The highest BCUT2D eigenvalue weighted by Gasteiger charge is 2.45. The van der Waals surface area contributed by atoms with Crippen molar-refractivity contribution in [1.82, 2.24) is 15.2 Å². The molecule has 0 aliphatic carbocycles.